The van der Waals surface area contributed by atoms with E-state index in [0.29, 0.717) is 28.0 Å². The second-order valence-corrected chi connectivity index (χ2v) is 12.7. The van der Waals surface area contributed by atoms with Crippen molar-refractivity contribution in [1.82, 2.24) is 14.9 Å². The van der Waals surface area contributed by atoms with Gasteiger partial charge in [0.2, 0.25) is 0 Å². The van der Waals surface area contributed by atoms with Gasteiger partial charge in [-0.25, -0.2) is 4.52 Å². The Morgan fingerprint density at radius 2 is 1.78 bits per heavy atom. The van der Waals surface area contributed by atoms with Crippen LogP contribution in [-0.4, -0.2) is 50.9 Å². The van der Waals surface area contributed by atoms with Crippen LogP contribution in [-0.2, 0) is 6.18 Å². The third-order valence-electron chi connectivity index (χ3n) is 8.41. The molecule has 0 saturated heterocycles. The normalized spacial score (nSPS) is 21.2. The molecule has 4 aromatic rings. The molecule has 0 aliphatic heterocycles. The highest BCUT2D eigenvalue weighted by atomic mass is 19.4. The number of nitrogens with zero attached hydrogens (tertiary/aromatic N) is 2. The van der Waals surface area contributed by atoms with Crippen LogP contribution in [0.5, 0.6) is 11.5 Å². The van der Waals surface area contributed by atoms with Crippen LogP contribution < -0.4 is 20.5 Å². The van der Waals surface area contributed by atoms with Gasteiger partial charge in [-0.15, -0.1) is 0 Å². The molecule has 2 aliphatic rings. The summed E-state index contributed by atoms with van der Waals surface area (Å²) in [5.74, 6) is -0.151. The van der Waals surface area contributed by atoms with Crippen LogP contribution in [0.15, 0.2) is 67.0 Å². The summed E-state index contributed by atoms with van der Waals surface area (Å²) >= 11 is 0. The maximum Gasteiger partial charge on any atom is 0.416 e. The number of alkyl halides is 3. The van der Waals surface area contributed by atoms with Gasteiger partial charge < -0.3 is 25.6 Å². The SMILES string of the molecule is CC(C)(O)COc1ccc2c(C(=O)NC3CC4(C3)CC(Oc3cc(-c5cccc(C(F)(F)F)c5)ccc3C(N)=O)C4)cnn2c1. The number of aromatic nitrogens is 2. The first kappa shape index (κ1) is 30.4. The molecule has 4 N–H and O–H groups in total. The van der Waals surface area contributed by atoms with Crippen LogP contribution in [0.3, 0.4) is 0 Å². The lowest BCUT2D eigenvalue weighted by atomic mass is 9.53. The van der Waals surface area contributed by atoms with Crippen LogP contribution in [0, 0.1) is 5.41 Å². The summed E-state index contributed by atoms with van der Waals surface area (Å²) in [6.45, 7) is 3.41. The maximum atomic E-state index is 13.2. The Balaban J connectivity index is 1.05. The van der Waals surface area contributed by atoms with Crippen molar-refractivity contribution in [2.24, 2.45) is 11.1 Å². The van der Waals surface area contributed by atoms with E-state index >= 15 is 0 Å². The van der Waals surface area contributed by atoms with Crippen molar-refractivity contribution >= 4 is 17.3 Å². The largest absolute Gasteiger partial charge is 0.490 e. The number of nitrogens with one attached hydrogen (secondary N) is 1. The molecule has 0 radical (unpaired) electrons. The van der Waals surface area contributed by atoms with E-state index in [9.17, 15) is 27.9 Å². The second kappa shape index (κ2) is 11.1. The van der Waals surface area contributed by atoms with Crippen LogP contribution in [0.25, 0.3) is 16.6 Å². The summed E-state index contributed by atoms with van der Waals surface area (Å²) in [6, 6.07) is 13.0. The van der Waals surface area contributed by atoms with Gasteiger partial charge in [-0.3, -0.25) is 9.59 Å². The third-order valence-corrected chi connectivity index (χ3v) is 8.41. The molecular formula is C33H33F3N4O5. The van der Waals surface area contributed by atoms with E-state index < -0.39 is 23.2 Å². The van der Waals surface area contributed by atoms with Crippen molar-refractivity contribution in [2.45, 2.75) is 63.5 Å². The van der Waals surface area contributed by atoms with E-state index in [4.69, 9.17) is 15.2 Å². The fourth-order valence-electron chi connectivity index (χ4n) is 6.22. The summed E-state index contributed by atoms with van der Waals surface area (Å²) in [5.41, 5.74) is 5.89. The first-order valence-corrected chi connectivity index (χ1v) is 14.6. The summed E-state index contributed by atoms with van der Waals surface area (Å²) in [5, 5.41) is 17.2. The van der Waals surface area contributed by atoms with E-state index in [0.717, 1.165) is 37.8 Å². The molecule has 45 heavy (non-hydrogen) atoms. The van der Waals surface area contributed by atoms with E-state index in [-0.39, 0.29) is 41.4 Å². The fourth-order valence-corrected chi connectivity index (χ4v) is 6.22. The Bertz CT molecular complexity index is 1760. The molecule has 0 unspecified atom stereocenters. The topological polar surface area (TPSA) is 128 Å². The minimum atomic E-state index is -4.48. The first-order chi connectivity index (χ1) is 21.2. The molecule has 0 bridgehead atoms. The highest BCUT2D eigenvalue weighted by Gasteiger charge is 2.54. The second-order valence-electron chi connectivity index (χ2n) is 12.7. The number of fused-ring (bicyclic) bond motifs is 1. The van der Waals surface area contributed by atoms with Gasteiger partial charge in [0.15, 0.2) is 0 Å². The van der Waals surface area contributed by atoms with Crippen molar-refractivity contribution in [1.29, 1.82) is 0 Å². The number of carbonyl (C=O) groups excluding carboxylic acids is 2. The molecule has 0 atom stereocenters. The van der Waals surface area contributed by atoms with Gasteiger partial charge in [-0.1, -0.05) is 18.2 Å². The number of amides is 2. The van der Waals surface area contributed by atoms with E-state index in [1.54, 1.807) is 54.9 Å². The highest BCUT2D eigenvalue weighted by molar-refractivity contribution is 6.01. The smallest absolute Gasteiger partial charge is 0.416 e. The summed E-state index contributed by atoms with van der Waals surface area (Å²) < 4.78 is 53.1. The monoisotopic (exact) mass is 622 g/mol. The van der Waals surface area contributed by atoms with Gasteiger partial charge in [-0.05, 0) is 92.5 Å². The number of hydrogen-bond acceptors (Lipinski definition) is 6. The predicted octanol–water partition coefficient (Wildman–Crippen LogP) is 5.39. The lowest BCUT2D eigenvalue weighted by Gasteiger charge is -2.57. The molecule has 2 aromatic heterocycles. The maximum absolute atomic E-state index is 13.2. The van der Waals surface area contributed by atoms with E-state index in [1.165, 1.54) is 18.3 Å². The van der Waals surface area contributed by atoms with Crippen molar-refractivity contribution in [3.8, 4) is 22.6 Å². The zero-order chi connectivity index (χ0) is 32.1. The van der Waals surface area contributed by atoms with Gasteiger partial charge in [0, 0.05) is 6.04 Å². The minimum Gasteiger partial charge on any atom is -0.490 e. The lowest BCUT2D eigenvalue weighted by Crippen LogP contribution is -2.58. The number of pyridine rings is 1. The number of nitrogens with two attached hydrogens (primary N) is 1. The molecule has 9 nitrogen and oxygen atoms in total. The zero-order valence-corrected chi connectivity index (χ0v) is 24.7. The van der Waals surface area contributed by atoms with Crippen LogP contribution in [0.1, 0.15) is 65.8 Å². The van der Waals surface area contributed by atoms with Crippen LogP contribution in [0.4, 0.5) is 13.2 Å². The molecular weight excluding hydrogens is 589 g/mol. The molecule has 2 amide bonds. The van der Waals surface area contributed by atoms with E-state index in [1.807, 2.05) is 0 Å². The number of rotatable bonds is 9. The number of hydrogen-bond donors (Lipinski definition) is 3. The summed E-state index contributed by atoms with van der Waals surface area (Å²) in [4.78, 5) is 25.1. The molecule has 2 aromatic carbocycles. The quantitative estimate of drug-likeness (QED) is 0.230. The van der Waals surface area contributed by atoms with Gasteiger partial charge in [0.05, 0.1) is 46.3 Å². The Morgan fingerprint density at radius 1 is 1.04 bits per heavy atom. The van der Waals surface area contributed by atoms with Gasteiger partial charge in [0.25, 0.3) is 11.8 Å². The number of aliphatic hydroxyl groups is 1. The van der Waals surface area contributed by atoms with Crippen molar-refractivity contribution < 1.29 is 37.3 Å². The number of benzene rings is 2. The molecule has 2 aliphatic carbocycles. The van der Waals surface area contributed by atoms with Crippen LogP contribution in [0.2, 0.25) is 0 Å². The first-order valence-electron chi connectivity index (χ1n) is 14.6. The Kier molecular flexibility index (Phi) is 7.51. The Hall–Kier alpha value is -4.58. The number of carbonyl (C=O) groups is 2. The summed E-state index contributed by atoms with van der Waals surface area (Å²) in [6.07, 6.45) is 1.49. The summed E-state index contributed by atoms with van der Waals surface area (Å²) in [7, 11) is 0. The van der Waals surface area contributed by atoms with Gasteiger partial charge >= 0.3 is 6.18 Å². The molecule has 1 spiro atoms. The number of primary amides is 1. The van der Waals surface area contributed by atoms with Gasteiger partial charge in [0.1, 0.15) is 18.1 Å². The fraction of sp³-hybridized carbons (Fsp3) is 0.364. The number of ether oxygens (including phenoxy) is 2. The Morgan fingerprint density at radius 3 is 2.47 bits per heavy atom. The van der Waals surface area contributed by atoms with E-state index in [2.05, 4.69) is 10.4 Å². The predicted molar refractivity (Wildman–Crippen MR) is 159 cm³/mol. The average Bonchev–Trinajstić information content (AvgIpc) is 3.36. The molecule has 6 rings (SSSR count). The lowest BCUT2D eigenvalue weighted by molar-refractivity contribution is -0.137. The average molecular weight is 623 g/mol. The molecule has 236 valence electrons. The molecule has 2 heterocycles. The zero-order valence-electron chi connectivity index (χ0n) is 24.7. The molecule has 12 heteroatoms. The highest BCUT2D eigenvalue weighted by Crippen LogP contribution is 2.57. The van der Waals surface area contributed by atoms with Crippen molar-refractivity contribution in [3.05, 3.63) is 83.7 Å². The standard InChI is InChI=1S/C33H33F3N4O5/c1-31(2,43)18-44-23-7-9-27-26(16-38-40(27)17-23)30(42)39-22-12-32(13-22)14-24(15-32)45-28-11-20(6-8-25(28)29(37)41)19-4-3-5-21(10-19)33(34,35)36/h3-11,16-17,22,24,43H,12-15,18H2,1-2H3,(H2,37,41)(H,39,42). The molecule has 2 saturated carbocycles. The van der Waals surface area contributed by atoms with Crippen LogP contribution >= 0.6 is 0 Å². The molecule has 2 fully saturated rings. The van der Waals surface area contributed by atoms with Crippen molar-refractivity contribution in [3.63, 3.8) is 0 Å². The minimum absolute atomic E-state index is 0.00629. The third kappa shape index (κ3) is 6.46. The van der Waals surface area contributed by atoms with Crippen molar-refractivity contribution in [2.75, 3.05) is 6.61 Å². The van der Waals surface area contributed by atoms with Gasteiger partial charge in [-0.2, -0.15) is 18.3 Å². The number of halogens is 3. The Labute approximate surface area is 257 Å².